The smallest absolute Gasteiger partial charge is 0.261 e. The second-order valence-corrected chi connectivity index (χ2v) is 6.92. The second kappa shape index (κ2) is 9.42. The van der Waals surface area contributed by atoms with E-state index < -0.39 is 6.04 Å². The largest absolute Gasteiger partial charge is 0.484 e. The zero-order chi connectivity index (χ0) is 20.0. The van der Waals surface area contributed by atoms with Crippen molar-refractivity contribution in [3.8, 4) is 5.75 Å². The zero-order valence-corrected chi connectivity index (χ0v) is 16.8. The number of amides is 2. The minimum absolute atomic E-state index is 0.158. The predicted octanol–water partition coefficient (Wildman–Crippen LogP) is 3.50. The van der Waals surface area contributed by atoms with E-state index in [9.17, 15) is 9.59 Å². The van der Waals surface area contributed by atoms with Gasteiger partial charge in [-0.25, -0.2) is 0 Å². The third-order valence-electron chi connectivity index (χ3n) is 4.27. The molecule has 0 bridgehead atoms. The van der Waals surface area contributed by atoms with Crippen molar-refractivity contribution in [3.05, 3.63) is 64.2 Å². The molecule has 1 atom stereocenters. The van der Waals surface area contributed by atoms with Crippen molar-refractivity contribution in [2.45, 2.75) is 33.4 Å². The highest BCUT2D eigenvalue weighted by Crippen LogP contribution is 2.20. The fraction of sp³-hybridized carbons (Fsp3) is 0.333. The van der Waals surface area contributed by atoms with E-state index in [0.717, 1.165) is 16.7 Å². The van der Waals surface area contributed by atoms with Gasteiger partial charge < -0.3 is 15.0 Å². The number of likely N-dealkylation sites (N-methyl/N-ethyl adjacent to an activating group) is 1. The van der Waals surface area contributed by atoms with E-state index in [1.165, 1.54) is 4.90 Å². The van der Waals surface area contributed by atoms with Crippen LogP contribution in [0.3, 0.4) is 0 Å². The lowest BCUT2D eigenvalue weighted by Gasteiger charge is -2.28. The van der Waals surface area contributed by atoms with E-state index in [4.69, 9.17) is 16.3 Å². The van der Waals surface area contributed by atoms with Gasteiger partial charge in [0.1, 0.15) is 11.8 Å². The fourth-order valence-corrected chi connectivity index (χ4v) is 3.04. The summed E-state index contributed by atoms with van der Waals surface area (Å²) in [6, 6.07) is 12.4. The molecule has 0 fully saturated rings. The van der Waals surface area contributed by atoms with Crippen LogP contribution in [-0.4, -0.2) is 36.4 Å². The molecule has 0 heterocycles. The summed E-state index contributed by atoms with van der Waals surface area (Å²) >= 11 is 6.23. The van der Waals surface area contributed by atoms with E-state index in [1.54, 1.807) is 20.0 Å². The molecule has 0 aromatic heterocycles. The summed E-state index contributed by atoms with van der Waals surface area (Å²) in [6.07, 6.45) is 0. The first-order valence-corrected chi connectivity index (χ1v) is 9.15. The minimum atomic E-state index is -0.651. The molecule has 2 rings (SSSR count). The lowest BCUT2D eigenvalue weighted by atomic mass is 10.1. The van der Waals surface area contributed by atoms with Gasteiger partial charge in [-0.3, -0.25) is 9.59 Å². The van der Waals surface area contributed by atoms with Crippen molar-refractivity contribution < 1.29 is 14.3 Å². The lowest BCUT2D eigenvalue weighted by Crippen LogP contribution is -2.48. The summed E-state index contributed by atoms with van der Waals surface area (Å²) in [5.74, 6) is 0.0955. The first-order valence-electron chi connectivity index (χ1n) is 8.77. The maximum atomic E-state index is 12.8. The van der Waals surface area contributed by atoms with E-state index in [-0.39, 0.29) is 25.0 Å². The highest BCUT2D eigenvalue weighted by atomic mass is 35.5. The number of hydrogen-bond donors (Lipinski definition) is 1. The fourth-order valence-electron chi connectivity index (χ4n) is 2.85. The molecule has 2 aromatic rings. The maximum absolute atomic E-state index is 12.8. The summed E-state index contributed by atoms with van der Waals surface area (Å²) < 4.78 is 5.69. The van der Waals surface area contributed by atoms with E-state index in [0.29, 0.717) is 10.8 Å². The quantitative estimate of drug-likeness (QED) is 0.789. The highest BCUT2D eigenvalue weighted by Gasteiger charge is 2.26. The third kappa shape index (κ3) is 5.73. The number of hydrogen-bond acceptors (Lipinski definition) is 3. The molecular formula is C21H25ClN2O3. The third-order valence-corrected chi connectivity index (χ3v) is 4.64. The predicted molar refractivity (Wildman–Crippen MR) is 107 cm³/mol. The molecule has 1 N–H and O–H groups in total. The summed E-state index contributed by atoms with van der Waals surface area (Å²) in [6.45, 7) is 5.69. The Kier molecular flexibility index (Phi) is 7.25. The SMILES string of the molecule is CNC(=O)[C@@H](C)N(Cc1ccccc1Cl)C(=O)COc1cc(C)cc(C)c1. The molecule has 6 heteroatoms. The van der Waals surface area contributed by atoms with Crippen molar-refractivity contribution in [1.82, 2.24) is 10.2 Å². The van der Waals surface area contributed by atoms with Crippen LogP contribution in [0.15, 0.2) is 42.5 Å². The van der Waals surface area contributed by atoms with Gasteiger partial charge in [0.15, 0.2) is 6.61 Å². The molecule has 5 nitrogen and oxygen atoms in total. The molecule has 27 heavy (non-hydrogen) atoms. The molecule has 144 valence electrons. The second-order valence-electron chi connectivity index (χ2n) is 6.52. The number of nitrogens with zero attached hydrogens (tertiary/aromatic N) is 1. The molecule has 2 amide bonds. The Morgan fingerprint density at radius 1 is 1.15 bits per heavy atom. The Bertz CT molecular complexity index is 803. The van der Waals surface area contributed by atoms with Crippen molar-refractivity contribution in [1.29, 1.82) is 0 Å². The van der Waals surface area contributed by atoms with Crippen molar-refractivity contribution in [2.24, 2.45) is 0 Å². The molecule has 0 aliphatic carbocycles. The minimum Gasteiger partial charge on any atom is -0.484 e. The lowest BCUT2D eigenvalue weighted by molar-refractivity contribution is -0.142. The van der Waals surface area contributed by atoms with Crippen LogP contribution in [0.1, 0.15) is 23.6 Å². The normalized spacial score (nSPS) is 11.6. The van der Waals surface area contributed by atoms with Crippen molar-refractivity contribution in [2.75, 3.05) is 13.7 Å². The molecule has 2 aromatic carbocycles. The summed E-state index contributed by atoms with van der Waals surface area (Å²) in [5, 5.41) is 3.13. The van der Waals surface area contributed by atoms with Crippen LogP contribution in [0, 0.1) is 13.8 Å². The molecule has 0 saturated carbocycles. The van der Waals surface area contributed by atoms with Crippen LogP contribution in [0.25, 0.3) is 0 Å². The molecular weight excluding hydrogens is 364 g/mol. The Morgan fingerprint density at radius 3 is 2.37 bits per heavy atom. The van der Waals surface area contributed by atoms with Gasteiger partial charge >= 0.3 is 0 Å². The molecule has 0 radical (unpaired) electrons. The van der Waals surface area contributed by atoms with Crippen LogP contribution < -0.4 is 10.1 Å². The van der Waals surface area contributed by atoms with Gasteiger partial charge in [0, 0.05) is 18.6 Å². The number of carbonyl (C=O) groups is 2. The first kappa shape index (κ1) is 20.8. The number of carbonyl (C=O) groups excluding carboxylic acids is 2. The molecule has 0 saturated heterocycles. The van der Waals surface area contributed by atoms with Crippen LogP contribution in [-0.2, 0) is 16.1 Å². The van der Waals surface area contributed by atoms with Gasteiger partial charge in [0.05, 0.1) is 0 Å². The number of aryl methyl sites for hydroxylation is 2. The molecule has 0 spiro atoms. The number of benzene rings is 2. The Hall–Kier alpha value is -2.53. The topological polar surface area (TPSA) is 58.6 Å². The van der Waals surface area contributed by atoms with E-state index >= 15 is 0 Å². The van der Waals surface area contributed by atoms with Gasteiger partial charge in [-0.05, 0) is 55.7 Å². The zero-order valence-electron chi connectivity index (χ0n) is 16.1. The standard InChI is InChI=1S/C21H25ClN2O3/c1-14-9-15(2)11-18(10-14)27-13-20(25)24(16(3)21(26)23-4)12-17-7-5-6-8-19(17)22/h5-11,16H,12-13H2,1-4H3,(H,23,26)/t16-/m1/s1. The monoisotopic (exact) mass is 388 g/mol. The Balaban J connectivity index is 2.17. The van der Waals surface area contributed by atoms with Crippen LogP contribution in [0.4, 0.5) is 0 Å². The van der Waals surface area contributed by atoms with Gasteiger partial charge in [0.2, 0.25) is 5.91 Å². The number of ether oxygens (including phenoxy) is 1. The summed E-state index contributed by atoms with van der Waals surface area (Å²) in [5.41, 5.74) is 2.89. The van der Waals surface area contributed by atoms with E-state index in [1.807, 2.05) is 50.2 Å². The summed E-state index contributed by atoms with van der Waals surface area (Å²) in [4.78, 5) is 26.4. The van der Waals surface area contributed by atoms with Gasteiger partial charge in [0.25, 0.3) is 5.91 Å². The van der Waals surface area contributed by atoms with Crippen LogP contribution in [0.5, 0.6) is 5.75 Å². The van der Waals surface area contributed by atoms with Gasteiger partial charge in [-0.15, -0.1) is 0 Å². The van der Waals surface area contributed by atoms with E-state index in [2.05, 4.69) is 5.32 Å². The van der Waals surface area contributed by atoms with Crippen molar-refractivity contribution in [3.63, 3.8) is 0 Å². The number of nitrogens with one attached hydrogen (secondary N) is 1. The number of halogens is 1. The highest BCUT2D eigenvalue weighted by molar-refractivity contribution is 6.31. The Morgan fingerprint density at radius 2 is 1.78 bits per heavy atom. The van der Waals surface area contributed by atoms with Crippen LogP contribution >= 0.6 is 11.6 Å². The summed E-state index contributed by atoms with van der Waals surface area (Å²) in [7, 11) is 1.54. The van der Waals surface area contributed by atoms with Crippen molar-refractivity contribution >= 4 is 23.4 Å². The number of rotatable bonds is 7. The average Bonchev–Trinajstić information content (AvgIpc) is 2.63. The maximum Gasteiger partial charge on any atom is 0.261 e. The molecule has 0 aliphatic heterocycles. The first-order chi connectivity index (χ1) is 12.8. The Labute approximate surface area is 165 Å². The van der Waals surface area contributed by atoms with Crippen LogP contribution in [0.2, 0.25) is 5.02 Å². The van der Waals surface area contributed by atoms with Gasteiger partial charge in [-0.2, -0.15) is 0 Å². The molecule has 0 aliphatic rings. The van der Waals surface area contributed by atoms with Gasteiger partial charge in [-0.1, -0.05) is 35.9 Å². The average molecular weight is 389 g/mol. The molecule has 0 unspecified atom stereocenters.